The molecule has 4 aromatic rings. The lowest BCUT2D eigenvalue weighted by Crippen LogP contribution is -2.01. The number of hydrogen-bond donors (Lipinski definition) is 0. The largest absolute Gasteiger partial charge is 0.431 e. The second-order valence-electron chi connectivity index (χ2n) is 4.72. The number of thioether (sulfide) groups is 1. The molecule has 8 heteroatoms. The first-order chi connectivity index (χ1) is 11.3. The lowest BCUT2D eigenvalue weighted by atomic mass is 10.3. The quantitative estimate of drug-likeness (QED) is 0.526. The van der Waals surface area contributed by atoms with Gasteiger partial charge in [-0.05, 0) is 46.8 Å². The van der Waals surface area contributed by atoms with Crippen molar-refractivity contribution in [2.24, 2.45) is 0 Å². The van der Waals surface area contributed by atoms with E-state index in [-0.39, 0.29) is 0 Å². The van der Waals surface area contributed by atoms with Crippen LogP contribution < -0.4 is 0 Å². The number of hydrogen-bond acceptors (Lipinski definition) is 6. The van der Waals surface area contributed by atoms with Crippen LogP contribution in [0.2, 0.25) is 5.02 Å². The van der Waals surface area contributed by atoms with Crippen LogP contribution in [0.25, 0.3) is 16.8 Å². The van der Waals surface area contributed by atoms with E-state index in [1.807, 2.05) is 36.4 Å². The lowest BCUT2D eigenvalue weighted by molar-refractivity contribution is 0.489. The molecule has 0 saturated carbocycles. The average Bonchev–Trinajstić information content (AvgIpc) is 3.19. The zero-order chi connectivity index (χ0) is 15.6. The zero-order valence-electron chi connectivity index (χ0n) is 11.8. The first-order valence-corrected chi connectivity index (χ1v) is 8.17. The van der Waals surface area contributed by atoms with E-state index in [1.165, 1.54) is 11.8 Å². The maximum absolute atomic E-state index is 5.91. The SMILES string of the molecule is Clc1ccc(-n2nnnc2CSc2nc3ccccc3o2)cc1. The maximum Gasteiger partial charge on any atom is 0.257 e. The molecule has 4 rings (SSSR count). The van der Waals surface area contributed by atoms with Gasteiger partial charge in [0, 0.05) is 5.02 Å². The second kappa shape index (κ2) is 6.02. The molecule has 0 aliphatic carbocycles. The summed E-state index contributed by atoms with van der Waals surface area (Å²) in [6, 6.07) is 15.0. The molecule has 2 aromatic heterocycles. The van der Waals surface area contributed by atoms with Crippen LogP contribution in [0.4, 0.5) is 0 Å². The van der Waals surface area contributed by atoms with Gasteiger partial charge in [-0.25, -0.2) is 4.98 Å². The minimum absolute atomic E-state index is 0.544. The van der Waals surface area contributed by atoms with Crippen LogP contribution in [0.5, 0.6) is 0 Å². The van der Waals surface area contributed by atoms with Gasteiger partial charge >= 0.3 is 0 Å². The van der Waals surface area contributed by atoms with Crippen LogP contribution in [-0.4, -0.2) is 25.2 Å². The van der Waals surface area contributed by atoms with Crippen molar-refractivity contribution in [3.8, 4) is 5.69 Å². The van der Waals surface area contributed by atoms with Gasteiger partial charge in [0.1, 0.15) is 5.52 Å². The van der Waals surface area contributed by atoms with E-state index in [1.54, 1.807) is 16.8 Å². The number of rotatable bonds is 4. The summed E-state index contributed by atoms with van der Waals surface area (Å²) in [7, 11) is 0. The molecule has 0 unspecified atom stereocenters. The molecule has 0 aliphatic rings. The third kappa shape index (κ3) is 2.93. The topological polar surface area (TPSA) is 69.6 Å². The Bertz CT molecular complexity index is 917. The van der Waals surface area contributed by atoms with E-state index in [9.17, 15) is 0 Å². The van der Waals surface area contributed by atoms with Crippen LogP contribution in [0.3, 0.4) is 0 Å². The number of halogens is 1. The third-order valence-electron chi connectivity index (χ3n) is 3.20. The van der Waals surface area contributed by atoms with Gasteiger partial charge in [0.15, 0.2) is 11.4 Å². The van der Waals surface area contributed by atoms with E-state index < -0.39 is 0 Å². The van der Waals surface area contributed by atoms with Gasteiger partial charge in [-0.15, -0.1) is 5.10 Å². The number of tetrazole rings is 1. The summed E-state index contributed by atoms with van der Waals surface area (Å²) >= 11 is 7.36. The Kier molecular flexibility index (Phi) is 3.72. The van der Waals surface area contributed by atoms with Gasteiger partial charge in [0.25, 0.3) is 5.22 Å². The summed E-state index contributed by atoms with van der Waals surface area (Å²) in [5.41, 5.74) is 2.46. The molecular weight excluding hydrogens is 334 g/mol. The molecule has 0 fully saturated rings. The van der Waals surface area contributed by atoms with Gasteiger partial charge in [-0.3, -0.25) is 0 Å². The lowest BCUT2D eigenvalue weighted by Gasteiger charge is -2.03. The van der Waals surface area contributed by atoms with Crippen molar-refractivity contribution in [1.82, 2.24) is 25.2 Å². The Balaban J connectivity index is 1.55. The van der Waals surface area contributed by atoms with Crippen molar-refractivity contribution < 1.29 is 4.42 Å². The predicted molar refractivity (Wildman–Crippen MR) is 87.7 cm³/mol. The average molecular weight is 344 g/mol. The highest BCUT2D eigenvalue weighted by molar-refractivity contribution is 7.98. The van der Waals surface area contributed by atoms with Crippen molar-refractivity contribution >= 4 is 34.5 Å². The van der Waals surface area contributed by atoms with Crippen molar-refractivity contribution in [3.63, 3.8) is 0 Å². The Labute approximate surface area is 140 Å². The van der Waals surface area contributed by atoms with Crippen LogP contribution in [0.15, 0.2) is 58.2 Å². The molecule has 0 N–H and O–H groups in total. The van der Waals surface area contributed by atoms with Gasteiger partial charge in [0.05, 0.1) is 11.4 Å². The fourth-order valence-electron chi connectivity index (χ4n) is 2.12. The molecule has 6 nitrogen and oxygen atoms in total. The van der Waals surface area contributed by atoms with Crippen molar-refractivity contribution in [2.75, 3.05) is 0 Å². The molecule has 0 spiro atoms. The minimum atomic E-state index is 0.544. The summed E-state index contributed by atoms with van der Waals surface area (Å²) < 4.78 is 7.36. The van der Waals surface area contributed by atoms with Gasteiger partial charge in [-0.2, -0.15) is 4.68 Å². The molecule has 0 radical (unpaired) electrons. The molecule has 2 heterocycles. The number of fused-ring (bicyclic) bond motifs is 1. The fourth-order valence-corrected chi connectivity index (χ4v) is 2.99. The number of oxazole rings is 1. The summed E-state index contributed by atoms with van der Waals surface area (Å²) in [5, 5.41) is 13.1. The Morgan fingerprint density at radius 2 is 1.91 bits per heavy atom. The molecule has 23 heavy (non-hydrogen) atoms. The molecular formula is C15H10ClN5OS. The summed E-state index contributed by atoms with van der Waals surface area (Å²) in [4.78, 5) is 4.43. The van der Waals surface area contributed by atoms with E-state index >= 15 is 0 Å². The number of benzene rings is 2. The summed E-state index contributed by atoms with van der Waals surface area (Å²) in [6.07, 6.45) is 0. The number of nitrogens with zero attached hydrogens (tertiary/aromatic N) is 5. The monoisotopic (exact) mass is 343 g/mol. The van der Waals surface area contributed by atoms with Crippen molar-refractivity contribution in [2.45, 2.75) is 11.0 Å². The van der Waals surface area contributed by atoms with Gasteiger partial charge in [0.2, 0.25) is 0 Å². The third-order valence-corrected chi connectivity index (χ3v) is 4.28. The van der Waals surface area contributed by atoms with E-state index in [0.29, 0.717) is 21.8 Å². The minimum Gasteiger partial charge on any atom is -0.431 e. The number of aromatic nitrogens is 5. The molecule has 2 aromatic carbocycles. The molecule has 114 valence electrons. The summed E-state index contributed by atoms with van der Waals surface area (Å²) in [6.45, 7) is 0. The maximum atomic E-state index is 5.91. The van der Waals surface area contributed by atoms with Crippen molar-refractivity contribution in [3.05, 3.63) is 59.4 Å². The normalized spacial score (nSPS) is 11.2. The first kappa shape index (κ1) is 14.2. The molecule has 0 atom stereocenters. The van der Waals surface area contributed by atoms with E-state index in [2.05, 4.69) is 20.5 Å². The second-order valence-corrected chi connectivity index (χ2v) is 6.08. The molecule has 0 aliphatic heterocycles. The van der Waals surface area contributed by atoms with Crippen LogP contribution in [0.1, 0.15) is 5.82 Å². The Morgan fingerprint density at radius 1 is 1.09 bits per heavy atom. The Hall–Kier alpha value is -2.38. The van der Waals surface area contributed by atoms with E-state index in [4.69, 9.17) is 16.0 Å². The highest BCUT2D eigenvalue weighted by Gasteiger charge is 2.12. The first-order valence-electron chi connectivity index (χ1n) is 6.81. The van der Waals surface area contributed by atoms with Crippen LogP contribution >= 0.6 is 23.4 Å². The van der Waals surface area contributed by atoms with Gasteiger partial charge in [-0.1, -0.05) is 35.5 Å². The van der Waals surface area contributed by atoms with Crippen LogP contribution in [0, 0.1) is 0 Å². The van der Waals surface area contributed by atoms with Crippen LogP contribution in [-0.2, 0) is 5.75 Å². The standard InChI is InChI=1S/C15H10ClN5OS/c16-10-5-7-11(8-6-10)21-14(18-19-20-21)9-23-15-17-12-3-1-2-4-13(12)22-15/h1-8H,9H2. The highest BCUT2D eigenvalue weighted by Crippen LogP contribution is 2.26. The smallest absolute Gasteiger partial charge is 0.257 e. The summed E-state index contributed by atoms with van der Waals surface area (Å²) in [5.74, 6) is 1.25. The highest BCUT2D eigenvalue weighted by atomic mass is 35.5. The molecule has 0 saturated heterocycles. The van der Waals surface area contributed by atoms with Crippen molar-refractivity contribution in [1.29, 1.82) is 0 Å². The Morgan fingerprint density at radius 3 is 2.74 bits per heavy atom. The fraction of sp³-hybridized carbons (Fsp3) is 0.0667. The zero-order valence-corrected chi connectivity index (χ0v) is 13.3. The molecule has 0 bridgehead atoms. The van der Waals surface area contributed by atoms with Gasteiger partial charge < -0.3 is 4.42 Å². The molecule has 0 amide bonds. The number of para-hydroxylation sites is 2. The van der Waals surface area contributed by atoms with E-state index in [0.717, 1.165) is 16.8 Å². The predicted octanol–water partition coefficient (Wildman–Crippen LogP) is 3.75.